The van der Waals surface area contributed by atoms with Crippen molar-refractivity contribution in [3.8, 4) is 17.7 Å². The number of carbonyl (C=O) groups is 1. The number of hydrogen-bond acceptors (Lipinski definition) is 5. The number of ketones is 1. The molecule has 0 spiro atoms. The molecule has 0 amide bonds. The van der Waals surface area contributed by atoms with Gasteiger partial charge < -0.3 is 9.84 Å². The van der Waals surface area contributed by atoms with Crippen LogP contribution in [0.2, 0.25) is 10.0 Å². The van der Waals surface area contributed by atoms with E-state index in [1.165, 1.54) is 19.1 Å². The first-order valence-electron chi connectivity index (χ1n) is 10.8. The molecule has 1 aromatic heterocycles. The van der Waals surface area contributed by atoms with E-state index in [1.54, 1.807) is 31.2 Å². The third-order valence-corrected chi connectivity index (χ3v) is 6.21. The third kappa shape index (κ3) is 4.82. The summed E-state index contributed by atoms with van der Waals surface area (Å²) in [6.45, 7) is 5.61. The van der Waals surface area contributed by atoms with Crippen LogP contribution in [0.5, 0.6) is 11.6 Å². The molecule has 1 atom stereocenters. The van der Waals surface area contributed by atoms with Crippen LogP contribution in [-0.4, -0.2) is 22.1 Å². The van der Waals surface area contributed by atoms with Crippen molar-refractivity contribution >= 4 is 29.0 Å². The summed E-state index contributed by atoms with van der Waals surface area (Å²) in [5, 5.41) is 21.1. The van der Waals surface area contributed by atoms with E-state index < -0.39 is 23.3 Å². The number of halogens is 2. The second-order valence-corrected chi connectivity index (χ2v) is 8.69. The minimum absolute atomic E-state index is 0.0852. The molecule has 0 aliphatic heterocycles. The van der Waals surface area contributed by atoms with Gasteiger partial charge in [-0.25, -0.2) is 0 Å². The smallest absolute Gasteiger partial charge is 0.272 e. The van der Waals surface area contributed by atoms with Crippen molar-refractivity contribution in [2.75, 3.05) is 6.61 Å². The molecule has 0 bridgehead atoms. The Hall–Kier alpha value is -3.27. The molecule has 8 heteroatoms. The fourth-order valence-corrected chi connectivity index (χ4v) is 4.32. The summed E-state index contributed by atoms with van der Waals surface area (Å²) < 4.78 is 6.69. The zero-order valence-corrected chi connectivity index (χ0v) is 20.6. The van der Waals surface area contributed by atoms with Crippen LogP contribution in [0.15, 0.2) is 47.3 Å². The van der Waals surface area contributed by atoms with Crippen molar-refractivity contribution in [1.82, 2.24) is 4.57 Å². The summed E-state index contributed by atoms with van der Waals surface area (Å²) >= 11 is 12.7. The normalized spacial score (nSPS) is 11.6. The summed E-state index contributed by atoms with van der Waals surface area (Å²) in [7, 11) is 0. The Labute approximate surface area is 207 Å². The van der Waals surface area contributed by atoms with Crippen LogP contribution in [0.1, 0.15) is 65.3 Å². The molecule has 3 aromatic rings. The van der Waals surface area contributed by atoms with E-state index >= 15 is 0 Å². The Bertz CT molecular complexity index is 1300. The molecule has 0 saturated heterocycles. The lowest BCUT2D eigenvalue weighted by Crippen LogP contribution is -2.29. The van der Waals surface area contributed by atoms with Crippen molar-refractivity contribution in [1.29, 1.82) is 5.26 Å². The average Bonchev–Trinajstić information content (AvgIpc) is 2.81. The Morgan fingerprint density at radius 3 is 2.38 bits per heavy atom. The molecule has 0 saturated carbocycles. The minimum atomic E-state index is -0.680. The third-order valence-electron chi connectivity index (χ3n) is 5.65. The van der Waals surface area contributed by atoms with Crippen molar-refractivity contribution in [2.45, 2.75) is 39.7 Å². The van der Waals surface area contributed by atoms with Gasteiger partial charge in [0.2, 0.25) is 5.88 Å². The summed E-state index contributed by atoms with van der Waals surface area (Å²) in [6, 6.07) is 13.1. The maximum Gasteiger partial charge on any atom is 0.272 e. The highest BCUT2D eigenvalue weighted by Crippen LogP contribution is 2.36. The van der Waals surface area contributed by atoms with Crippen LogP contribution in [0.3, 0.4) is 0 Å². The topological polar surface area (TPSA) is 92.3 Å². The molecule has 2 aromatic carbocycles. The highest BCUT2D eigenvalue weighted by molar-refractivity contribution is 6.38. The molecule has 1 N–H and O–H groups in total. The van der Waals surface area contributed by atoms with Gasteiger partial charge >= 0.3 is 0 Å². The molecule has 0 aliphatic rings. The maximum atomic E-state index is 13.5. The van der Waals surface area contributed by atoms with Crippen LogP contribution >= 0.6 is 23.2 Å². The largest absolute Gasteiger partial charge is 0.494 e. The lowest BCUT2D eigenvalue weighted by molar-refractivity contribution is 0.103. The summed E-state index contributed by atoms with van der Waals surface area (Å²) in [4.78, 5) is 26.6. The zero-order chi connectivity index (χ0) is 25.0. The van der Waals surface area contributed by atoms with Gasteiger partial charge in [0.05, 0.1) is 28.3 Å². The predicted molar refractivity (Wildman–Crippen MR) is 132 cm³/mol. The van der Waals surface area contributed by atoms with E-state index in [2.05, 4.69) is 0 Å². The average molecular weight is 499 g/mol. The van der Waals surface area contributed by atoms with Crippen LogP contribution < -0.4 is 10.3 Å². The molecule has 176 valence electrons. The molecule has 0 fully saturated rings. The quantitative estimate of drug-likeness (QED) is 0.301. The molecule has 3 rings (SSSR count). The van der Waals surface area contributed by atoms with Gasteiger partial charge in [-0.15, -0.1) is 0 Å². The number of aromatic nitrogens is 1. The van der Waals surface area contributed by atoms with E-state index in [0.29, 0.717) is 6.61 Å². The number of benzene rings is 2. The van der Waals surface area contributed by atoms with Gasteiger partial charge in [0.15, 0.2) is 11.5 Å². The Morgan fingerprint density at radius 2 is 1.82 bits per heavy atom. The number of rotatable bonds is 8. The van der Waals surface area contributed by atoms with E-state index in [0.717, 1.165) is 23.0 Å². The van der Waals surface area contributed by atoms with Gasteiger partial charge in [0.25, 0.3) is 5.56 Å². The molecule has 34 heavy (non-hydrogen) atoms. The fraction of sp³-hybridized carbons (Fsp3) is 0.269. The fourth-order valence-electron chi connectivity index (χ4n) is 3.73. The number of pyridine rings is 1. The number of aromatic hydroxyl groups is 1. The van der Waals surface area contributed by atoms with Crippen LogP contribution in [-0.2, 0) is 0 Å². The first-order valence-corrected chi connectivity index (χ1v) is 11.6. The molecular weight excluding hydrogens is 475 g/mol. The summed E-state index contributed by atoms with van der Waals surface area (Å²) in [6.07, 6.45) is 1.75. The molecule has 0 aliphatic carbocycles. The van der Waals surface area contributed by atoms with Crippen LogP contribution in [0.25, 0.3) is 0 Å². The summed E-state index contributed by atoms with van der Waals surface area (Å²) in [5.74, 6) is -0.877. The second-order valence-electron chi connectivity index (χ2n) is 7.87. The molecule has 6 nitrogen and oxygen atoms in total. The van der Waals surface area contributed by atoms with Crippen molar-refractivity contribution in [3.63, 3.8) is 0 Å². The monoisotopic (exact) mass is 498 g/mol. The van der Waals surface area contributed by atoms with Gasteiger partial charge in [0.1, 0.15) is 11.6 Å². The van der Waals surface area contributed by atoms with E-state index in [4.69, 9.17) is 27.9 Å². The number of hydrogen-bond donors (Lipinski definition) is 1. The van der Waals surface area contributed by atoms with Gasteiger partial charge in [-0.05, 0) is 43.5 Å². The van der Waals surface area contributed by atoms with Crippen molar-refractivity contribution < 1.29 is 14.6 Å². The Morgan fingerprint density at radius 1 is 1.21 bits per heavy atom. The molecular formula is C26H24Cl2N2O4. The van der Waals surface area contributed by atoms with Gasteiger partial charge in [-0.3, -0.25) is 14.2 Å². The molecule has 0 radical (unpaired) electrons. The van der Waals surface area contributed by atoms with Gasteiger partial charge in [-0.2, -0.15) is 5.26 Å². The van der Waals surface area contributed by atoms with Gasteiger partial charge in [0, 0.05) is 5.56 Å². The SMILES string of the molecule is CCCCOc1c(Cl)cc(C(=O)c2c(C)c(C#N)c(=O)n(C(C)c3ccccc3)c2O)cc1Cl. The number of carbonyl (C=O) groups excluding carboxylic acids is 1. The predicted octanol–water partition coefficient (Wildman–Crippen LogP) is 6.06. The van der Waals surface area contributed by atoms with Gasteiger partial charge in [-0.1, -0.05) is 66.9 Å². The van der Waals surface area contributed by atoms with E-state index in [-0.39, 0.29) is 38.0 Å². The number of nitrogens with zero attached hydrogens (tertiary/aromatic N) is 2. The summed E-state index contributed by atoms with van der Waals surface area (Å²) in [5.41, 5.74) is -0.155. The van der Waals surface area contributed by atoms with Crippen LogP contribution in [0, 0.1) is 18.3 Å². The first-order chi connectivity index (χ1) is 16.2. The maximum absolute atomic E-state index is 13.5. The van der Waals surface area contributed by atoms with E-state index in [9.17, 15) is 20.0 Å². The second kappa shape index (κ2) is 10.8. The highest BCUT2D eigenvalue weighted by atomic mass is 35.5. The number of ether oxygens (including phenoxy) is 1. The standard InChI is InChI=1S/C26H24Cl2N2O4/c1-4-5-11-34-24-20(27)12-18(13-21(24)28)23(31)22-15(2)19(14-29)25(32)30(26(22)33)16(3)17-9-7-6-8-10-17/h6-10,12-13,16,33H,4-5,11H2,1-3H3. The van der Waals surface area contributed by atoms with E-state index in [1.807, 2.05) is 19.1 Å². The molecule has 1 unspecified atom stereocenters. The molecule has 1 heterocycles. The highest BCUT2D eigenvalue weighted by Gasteiger charge is 2.28. The zero-order valence-electron chi connectivity index (χ0n) is 19.1. The minimum Gasteiger partial charge on any atom is -0.494 e. The first kappa shape index (κ1) is 25.4. The van der Waals surface area contributed by atoms with Crippen molar-refractivity contribution in [2.24, 2.45) is 0 Å². The van der Waals surface area contributed by atoms with Crippen molar-refractivity contribution in [3.05, 3.63) is 90.7 Å². The Balaban J connectivity index is 2.16. The lowest BCUT2D eigenvalue weighted by atomic mass is 9.96. The number of nitriles is 1. The number of unbranched alkanes of at least 4 members (excludes halogenated alkanes) is 1. The lowest BCUT2D eigenvalue weighted by Gasteiger charge is -2.21. The van der Waals surface area contributed by atoms with Crippen LogP contribution in [0.4, 0.5) is 0 Å². The Kier molecular flexibility index (Phi) is 8.03.